The lowest BCUT2D eigenvalue weighted by molar-refractivity contribution is 0.100. The van der Waals surface area contributed by atoms with Crippen LogP contribution in [0.4, 0.5) is 5.69 Å². The van der Waals surface area contributed by atoms with Gasteiger partial charge in [0.2, 0.25) is 5.91 Å². The molecule has 2 unspecified atom stereocenters. The Morgan fingerprint density at radius 3 is 2.75 bits per heavy atom. The van der Waals surface area contributed by atoms with Crippen molar-refractivity contribution in [1.29, 1.82) is 0 Å². The molecule has 1 aliphatic carbocycles. The number of rotatable bonds is 3. The quantitative estimate of drug-likeness (QED) is 0.883. The molecule has 0 spiro atoms. The highest BCUT2D eigenvalue weighted by Gasteiger charge is 2.32. The number of hydrogen-bond acceptors (Lipinski definition) is 2. The molecule has 0 saturated heterocycles. The summed E-state index contributed by atoms with van der Waals surface area (Å²) in [7, 11) is 0. The zero-order valence-corrected chi connectivity index (χ0v) is 13.1. The highest BCUT2D eigenvalue weighted by atomic mass is 35.5. The van der Waals surface area contributed by atoms with E-state index < -0.39 is 5.91 Å². The van der Waals surface area contributed by atoms with Crippen LogP contribution < -0.4 is 11.1 Å². The number of nitrogens with one attached hydrogen (secondary N) is 1. The van der Waals surface area contributed by atoms with Crippen molar-refractivity contribution < 1.29 is 4.79 Å². The van der Waals surface area contributed by atoms with Crippen LogP contribution in [-0.4, -0.2) is 11.9 Å². The molecule has 1 aromatic rings. The van der Waals surface area contributed by atoms with E-state index in [1.54, 1.807) is 18.2 Å². The van der Waals surface area contributed by atoms with Gasteiger partial charge < -0.3 is 11.1 Å². The molecular weight excluding hydrogens is 272 g/mol. The van der Waals surface area contributed by atoms with E-state index in [-0.39, 0.29) is 0 Å². The molecule has 1 aromatic carbocycles. The Kier molecular flexibility index (Phi) is 4.28. The minimum Gasteiger partial charge on any atom is -0.381 e. The zero-order chi connectivity index (χ0) is 14.9. The lowest BCUT2D eigenvalue weighted by atomic mass is 9.70. The largest absolute Gasteiger partial charge is 0.381 e. The fourth-order valence-electron chi connectivity index (χ4n) is 3.15. The van der Waals surface area contributed by atoms with E-state index in [2.05, 4.69) is 26.1 Å². The van der Waals surface area contributed by atoms with E-state index in [1.807, 2.05) is 0 Å². The van der Waals surface area contributed by atoms with Crippen molar-refractivity contribution in [2.24, 2.45) is 17.1 Å². The van der Waals surface area contributed by atoms with E-state index in [1.165, 1.54) is 12.8 Å². The molecule has 0 heterocycles. The summed E-state index contributed by atoms with van der Waals surface area (Å²) in [4.78, 5) is 11.3. The average Bonchev–Trinajstić information content (AvgIpc) is 2.34. The van der Waals surface area contributed by atoms with Gasteiger partial charge in [-0.25, -0.2) is 0 Å². The van der Waals surface area contributed by atoms with Crippen molar-refractivity contribution in [3.8, 4) is 0 Å². The van der Waals surface area contributed by atoms with Crippen molar-refractivity contribution in [2.75, 3.05) is 5.32 Å². The van der Waals surface area contributed by atoms with Crippen LogP contribution in [0.15, 0.2) is 18.2 Å². The van der Waals surface area contributed by atoms with Gasteiger partial charge in [-0.15, -0.1) is 0 Å². The third-order valence-electron chi connectivity index (χ3n) is 4.29. The number of amides is 1. The number of benzene rings is 1. The van der Waals surface area contributed by atoms with Gasteiger partial charge in [-0.05, 0) is 48.8 Å². The second-order valence-electron chi connectivity index (χ2n) is 6.69. The molecule has 1 fully saturated rings. The molecule has 0 aromatic heterocycles. The van der Waals surface area contributed by atoms with Crippen LogP contribution in [0, 0.1) is 11.3 Å². The minimum atomic E-state index is -0.428. The molecule has 110 valence electrons. The smallest absolute Gasteiger partial charge is 0.248 e. The number of anilines is 1. The second-order valence-corrected chi connectivity index (χ2v) is 7.10. The van der Waals surface area contributed by atoms with Gasteiger partial charge in [0.25, 0.3) is 0 Å². The Hall–Kier alpha value is -1.22. The molecule has 1 aliphatic rings. The number of carbonyl (C=O) groups is 1. The van der Waals surface area contributed by atoms with Gasteiger partial charge in [-0.3, -0.25) is 4.79 Å². The topological polar surface area (TPSA) is 55.1 Å². The molecule has 0 radical (unpaired) electrons. The van der Waals surface area contributed by atoms with E-state index in [0.717, 1.165) is 12.1 Å². The molecule has 3 N–H and O–H groups in total. The van der Waals surface area contributed by atoms with E-state index in [4.69, 9.17) is 17.3 Å². The Bertz CT molecular complexity index is 513. The zero-order valence-electron chi connectivity index (χ0n) is 12.4. The summed E-state index contributed by atoms with van der Waals surface area (Å²) in [5.74, 6) is 0.148. The number of halogens is 1. The molecule has 0 bridgehead atoms. The molecular formula is C16H23ClN2O. The van der Waals surface area contributed by atoms with E-state index in [0.29, 0.717) is 28.0 Å². The molecule has 4 heteroatoms. The standard InChI is InChI=1S/C16H23ClN2O/c1-10-9-16(2,3)7-6-13(10)19-14-8-11(15(18)20)4-5-12(14)17/h4-5,8,10,13,19H,6-7,9H2,1-3H3,(H2,18,20). The summed E-state index contributed by atoms with van der Waals surface area (Å²) in [6.07, 6.45) is 3.51. The maximum absolute atomic E-state index is 11.3. The SMILES string of the molecule is CC1CC(C)(C)CCC1Nc1cc(C(N)=O)ccc1Cl. The van der Waals surface area contributed by atoms with Crippen LogP contribution >= 0.6 is 11.6 Å². The summed E-state index contributed by atoms with van der Waals surface area (Å²) in [6.45, 7) is 6.91. The highest BCUT2D eigenvalue weighted by molar-refractivity contribution is 6.33. The lowest BCUT2D eigenvalue weighted by Gasteiger charge is -2.40. The normalized spacial score (nSPS) is 25.2. The Morgan fingerprint density at radius 1 is 1.45 bits per heavy atom. The van der Waals surface area contributed by atoms with Crippen LogP contribution in [0.25, 0.3) is 0 Å². The molecule has 1 saturated carbocycles. The predicted octanol–water partition coefficient (Wildman–Crippen LogP) is 4.07. The Labute approximate surface area is 125 Å². The number of hydrogen-bond donors (Lipinski definition) is 2. The van der Waals surface area contributed by atoms with Gasteiger partial charge in [0.1, 0.15) is 0 Å². The van der Waals surface area contributed by atoms with Crippen LogP contribution in [-0.2, 0) is 0 Å². The van der Waals surface area contributed by atoms with Gasteiger partial charge in [-0.2, -0.15) is 0 Å². The molecule has 2 atom stereocenters. The summed E-state index contributed by atoms with van der Waals surface area (Å²) in [6, 6.07) is 5.52. The first kappa shape index (κ1) is 15.2. The van der Waals surface area contributed by atoms with Gasteiger partial charge >= 0.3 is 0 Å². The molecule has 2 rings (SSSR count). The molecule has 20 heavy (non-hydrogen) atoms. The van der Waals surface area contributed by atoms with Gasteiger partial charge in [-0.1, -0.05) is 32.4 Å². The number of carbonyl (C=O) groups excluding carboxylic acids is 1. The fourth-order valence-corrected chi connectivity index (χ4v) is 3.32. The summed E-state index contributed by atoms with van der Waals surface area (Å²) >= 11 is 6.21. The second kappa shape index (κ2) is 5.65. The van der Waals surface area contributed by atoms with Crippen molar-refractivity contribution in [2.45, 2.75) is 46.1 Å². The molecule has 0 aliphatic heterocycles. The van der Waals surface area contributed by atoms with Crippen molar-refractivity contribution in [1.82, 2.24) is 0 Å². The van der Waals surface area contributed by atoms with E-state index >= 15 is 0 Å². The van der Waals surface area contributed by atoms with E-state index in [9.17, 15) is 4.79 Å². The Balaban J connectivity index is 2.14. The highest BCUT2D eigenvalue weighted by Crippen LogP contribution is 2.40. The third-order valence-corrected chi connectivity index (χ3v) is 4.61. The monoisotopic (exact) mass is 294 g/mol. The number of nitrogens with two attached hydrogens (primary N) is 1. The number of primary amides is 1. The maximum Gasteiger partial charge on any atom is 0.248 e. The van der Waals surface area contributed by atoms with Crippen LogP contribution in [0.3, 0.4) is 0 Å². The Morgan fingerprint density at radius 2 is 2.15 bits per heavy atom. The lowest BCUT2D eigenvalue weighted by Crippen LogP contribution is -2.37. The van der Waals surface area contributed by atoms with Crippen LogP contribution in [0.2, 0.25) is 5.02 Å². The minimum absolute atomic E-state index is 0.392. The summed E-state index contributed by atoms with van der Waals surface area (Å²) in [5, 5.41) is 4.12. The molecule has 1 amide bonds. The third kappa shape index (κ3) is 3.45. The molecule has 3 nitrogen and oxygen atoms in total. The van der Waals surface area contributed by atoms with Crippen molar-refractivity contribution in [3.63, 3.8) is 0 Å². The van der Waals surface area contributed by atoms with Crippen LogP contribution in [0.1, 0.15) is 50.4 Å². The van der Waals surface area contributed by atoms with Crippen molar-refractivity contribution in [3.05, 3.63) is 28.8 Å². The van der Waals surface area contributed by atoms with Crippen molar-refractivity contribution >= 4 is 23.2 Å². The van der Waals surface area contributed by atoms with Crippen LogP contribution in [0.5, 0.6) is 0 Å². The first-order valence-corrected chi connectivity index (χ1v) is 7.52. The maximum atomic E-state index is 11.3. The first-order chi connectivity index (χ1) is 9.28. The summed E-state index contributed by atoms with van der Waals surface area (Å²) in [5.41, 5.74) is 7.02. The first-order valence-electron chi connectivity index (χ1n) is 7.14. The van der Waals surface area contributed by atoms with Gasteiger partial charge in [0.05, 0.1) is 10.7 Å². The van der Waals surface area contributed by atoms with Gasteiger partial charge in [0.15, 0.2) is 0 Å². The van der Waals surface area contributed by atoms with Gasteiger partial charge in [0, 0.05) is 11.6 Å². The summed E-state index contributed by atoms with van der Waals surface area (Å²) < 4.78 is 0. The average molecular weight is 295 g/mol. The fraction of sp³-hybridized carbons (Fsp3) is 0.562. The predicted molar refractivity (Wildman–Crippen MR) is 84.2 cm³/mol.